The lowest BCUT2D eigenvalue weighted by molar-refractivity contribution is -0.122. The molecule has 2 fully saturated rings. The van der Waals surface area contributed by atoms with Crippen LogP contribution in [-0.2, 0) is 22.4 Å². The van der Waals surface area contributed by atoms with Crippen LogP contribution in [0.4, 0.5) is 0 Å². The Hall–Kier alpha value is -3.71. The van der Waals surface area contributed by atoms with Gasteiger partial charge in [-0.1, -0.05) is 89.9 Å². The minimum absolute atomic E-state index is 0.00592. The summed E-state index contributed by atoms with van der Waals surface area (Å²) in [4.78, 5) is 28.7. The van der Waals surface area contributed by atoms with Gasteiger partial charge >= 0.3 is 0 Å². The molecule has 6 nitrogen and oxygen atoms in total. The molecular weight excluding hydrogens is 593 g/mol. The molecule has 44 heavy (non-hydrogen) atoms. The van der Waals surface area contributed by atoms with Gasteiger partial charge in [-0.05, 0) is 55.8 Å². The van der Waals surface area contributed by atoms with Crippen molar-refractivity contribution >= 4 is 34.9 Å². The second kappa shape index (κ2) is 13.5. The molecule has 4 aromatic rings. The molecule has 0 saturated carbocycles. The second-order valence-electron chi connectivity index (χ2n) is 11.5. The van der Waals surface area contributed by atoms with Crippen LogP contribution < -0.4 is 15.4 Å². The first-order chi connectivity index (χ1) is 21.4. The van der Waals surface area contributed by atoms with Crippen LogP contribution in [0, 0.1) is 0 Å². The number of nitrogens with zero attached hydrogens (tertiary/aromatic N) is 1. The van der Waals surface area contributed by atoms with Gasteiger partial charge in [-0.3, -0.25) is 9.59 Å². The first-order valence-electron chi connectivity index (χ1n) is 15.2. The number of nitrogens with one attached hydrogen (secondary N) is 2. The number of Topliss-reactive ketones (excluding diaryl/α,β-unsaturated/α-hetero) is 1. The fraction of sp³-hybridized carbons (Fsp3) is 0.306. The zero-order valence-electron chi connectivity index (χ0n) is 24.7. The standard InChI is InChI=1S/C36H35Cl2N3O3/c1-44-36-24(5-2-6-25-16-18-33(43)40-25)15-17-30(41-36)29-10-4-9-28(35(29)38)27-8-3-7-26(34(27)37)23-13-11-22(12-14-23)21-32(42)31-19-20-39-31/h3-4,7-15,17,25,31,39H,2,5-6,16,18-21H2,1H3,(H,40,43)/t25-,31+/m1/s1. The molecule has 0 unspecified atom stereocenters. The molecule has 0 spiro atoms. The van der Waals surface area contributed by atoms with Crippen molar-refractivity contribution in [1.29, 1.82) is 0 Å². The molecule has 1 aromatic heterocycles. The zero-order chi connectivity index (χ0) is 30.6. The quantitative estimate of drug-likeness (QED) is 0.180. The number of methoxy groups -OCH3 is 1. The van der Waals surface area contributed by atoms with Gasteiger partial charge in [-0.25, -0.2) is 4.98 Å². The third kappa shape index (κ3) is 6.53. The molecule has 0 aliphatic carbocycles. The summed E-state index contributed by atoms with van der Waals surface area (Å²) in [5.41, 5.74) is 7.04. The van der Waals surface area contributed by atoms with E-state index in [9.17, 15) is 9.59 Å². The zero-order valence-corrected chi connectivity index (χ0v) is 26.2. The number of aromatic nitrogens is 1. The third-order valence-electron chi connectivity index (χ3n) is 8.64. The Labute approximate surface area is 268 Å². The van der Waals surface area contributed by atoms with E-state index < -0.39 is 0 Å². The van der Waals surface area contributed by atoms with Gasteiger partial charge in [0, 0.05) is 46.7 Å². The lowest BCUT2D eigenvalue weighted by Gasteiger charge is -2.26. The molecule has 6 rings (SSSR count). The summed E-state index contributed by atoms with van der Waals surface area (Å²) >= 11 is 14.1. The maximum Gasteiger partial charge on any atom is 0.220 e. The van der Waals surface area contributed by atoms with Crippen molar-refractivity contribution in [2.24, 2.45) is 0 Å². The van der Waals surface area contributed by atoms with E-state index in [1.165, 1.54) is 0 Å². The largest absolute Gasteiger partial charge is 0.481 e. The van der Waals surface area contributed by atoms with Gasteiger partial charge in [0.25, 0.3) is 0 Å². The molecule has 226 valence electrons. The summed E-state index contributed by atoms with van der Waals surface area (Å²) in [5, 5.41) is 7.38. The number of carbonyl (C=O) groups excluding carboxylic acids is 2. The average Bonchev–Trinajstić information content (AvgIpc) is 3.42. The van der Waals surface area contributed by atoms with E-state index in [1.807, 2.05) is 72.8 Å². The smallest absolute Gasteiger partial charge is 0.220 e. The van der Waals surface area contributed by atoms with Crippen LogP contribution in [0.15, 0.2) is 72.8 Å². The van der Waals surface area contributed by atoms with Crippen molar-refractivity contribution in [2.45, 2.75) is 57.0 Å². The minimum Gasteiger partial charge on any atom is -0.481 e. The summed E-state index contributed by atoms with van der Waals surface area (Å²) in [6, 6.07) is 24.1. The number of ether oxygens (including phenoxy) is 1. The molecule has 2 N–H and O–H groups in total. The van der Waals surface area contributed by atoms with Crippen molar-refractivity contribution < 1.29 is 14.3 Å². The Kier molecular flexibility index (Phi) is 9.31. The predicted molar refractivity (Wildman–Crippen MR) is 176 cm³/mol. The number of benzene rings is 3. The Morgan fingerprint density at radius 3 is 2.23 bits per heavy atom. The highest BCUT2D eigenvalue weighted by Crippen LogP contribution is 2.42. The predicted octanol–water partition coefficient (Wildman–Crippen LogP) is 7.47. The van der Waals surface area contributed by atoms with Gasteiger partial charge in [-0.15, -0.1) is 0 Å². The lowest BCUT2D eigenvalue weighted by Crippen LogP contribution is -2.49. The van der Waals surface area contributed by atoms with E-state index in [2.05, 4.69) is 10.6 Å². The van der Waals surface area contributed by atoms with Gasteiger partial charge in [0.15, 0.2) is 5.78 Å². The summed E-state index contributed by atoms with van der Waals surface area (Å²) in [7, 11) is 1.63. The molecule has 1 amide bonds. The molecule has 8 heteroatoms. The Bertz CT molecular complexity index is 1690. The van der Waals surface area contributed by atoms with Gasteiger partial charge in [-0.2, -0.15) is 0 Å². The van der Waals surface area contributed by atoms with Crippen molar-refractivity contribution in [3.05, 3.63) is 94.0 Å². The summed E-state index contributed by atoms with van der Waals surface area (Å²) in [5.74, 6) is 0.954. The van der Waals surface area contributed by atoms with Crippen LogP contribution in [-0.4, -0.2) is 42.4 Å². The third-order valence-corrected chi connectivity index (χ3v) is 9.45. The maximum absolute atomic E-state index is 12.4. The molecule has 2 aliphatic heterocycles. The number of carbonyl (C=O) groups is 2. The van der Waals surface area contributed by atoms with Gasteiger partial charge in [0.2, 0.25) is 11.8 Å². The topological polar surface area (TPSA) is 80.3 Å². The first-order valence-corrected chi connectivity index (χ1v) is 15.9. The molecule has 2 saturated heterocycles. The molecule has 3 aromatic carbocycles. The SMILES string of the molecule is COc1nc(-c2cccc(-c3cccc(-c4ccc(CC(=O)[C@@H]5CCN5)cc4)c3Cl)c2Cl)ccc1CCC[C@@H]1CCC(=O)N1. The highest BCUT2D eigenvalue weighted by atomic mass is 35.5. The second-order valence-corrected chi connectivity index (χ2v) is 12.3. The fourth-order valence-corrected chi connectivity index (χ4v) is 6.67. The van der Waals surface area contributed by atoms with Crippen LogP contribution in [0.25, 0.3) is 33.5 Å². The van der Waals surface area contributed by atoms with Crippen LogP contribution >= 0.6 is 23.2 Å². The number of rotatable bonds is 11. The maximum atomic E-state index is 12.4. The average molecular weight is 629 g/mol. The van der Waals surface area contributed by atoms with Gasteiger partial charge < -0.3 is 15.4 Å². The summed E-state index contributed by atoms with van der Waals surface area (Å²) in [6.45, 7) is 0.915. The number of halogens is 2. The molecule has 0 radical (unpaired) electrons. The van der Waals surface area contributed by atoms with E-state index in [0.29, 0.717) is 28.8 Å². The number of ketones is 1. The first kappa shape index (κ1) is 30.3. The van der Waals surface area contributed by atoms with Crippen molar-refractivity contribution in [3.8, 4) is 39.4 Å². The lowest BCUT2D eigenvalue weighted by atomic mass is 9.94. The van der Waals surface area contributed by atoms with Crippen molar-refractivity contribution in [1.82, 2.24) is 15.6 Å². The van der Waals surface area contributed by atoms with Crippen LogP contribution in [0.1, 0.15) is 43.2 Å². The number of amides is 1. The van der Waals surface area contributed by atoms with E-state index in [0.717, 1.165) is 83.3 Å². The van der Waals surface area contributed by atoms with Crippen molar-refractivity contribution in [2.75, 3.05) is 13.7 Å². The number of aryl methyl sites for hydroxylation is 1. The molecule has 2 atom stereocenters. The molecular formula is C36H35Cl2N3O3. The Balaban J connectivity index is 1.21. The summed E-state index contributed by atoms with van der Waals surface area (Å²) in [6.07, 6.45) is 5.55. The highest BCUT2D eigenvalue weighted by molar-refractivity contribution is 6.39. The normalized spacial score (nSPS) is 17.7. The van der Waals surface area contributed by atoms with Gasteiger partial charge in [0.1, 0.15) is 0 Å². The van der Waals surface area contributed by atoms with E-state index in [4.69, 9.17) is 32.9 Å². The molecule has 2 aliphatic rings. The monoisotopic (exact) mass is 627 g/mol. The van der Waals surface area contributed by atoms with Gasteiger partial charge in [0.05, 0.1) is 28.9 Å². The number of pyridine rings is 1. The van der Waals surface area contributed by atoms with Crippen LogP contribution in [0.3, 0.4) is 0 Å². The van der Waals surface area contributed by atoms with Crippen LogP contribution in [0.2, 0.25) is 10.0 Å². The number of hydrogen-bond acceptors (Lipinski definition) is 5. The Morgan fingerprint density at radius 2 is 1.59 bits per heavy atom. The highest BCUT2D eigenvalue weighted by Gasteiger charge is 2.24. The minimum atomic E-state index is -0.00592. The molecule has 3 heterocycles. The molecule has 0 bridgehead atoms. The van der Waals surface area contributed by atoms with Crippen molar-refractivity contribution in [3.63, 3.8) is 0 Å². The van der Waals surface area contributed by atoms with E-state index >= 15 is 0 Å². The number of hydrogen-bond donors (Lipinski definition) is 2. The fourth-order valence-electron chi connectivity index (χ4n) is 6.01. The van der Waals surface area contributed by atoms with E-state index in [-0.39, 0.29) is 23.8 Å². The van der Waals surface area contributed by atoms with E-state index in [1.54, 1.807) is 7.11 Å². The van der Waals surface area contributed by atoms with Crippen LogP contribution in [0.5, 0.6) is 5.88 Å². The Morgan fingerprint density at radius 1 is 0.909 bits per heavy atom. The summed E-state index contributed by atoms with van der Waals surface area (Å²) < 4.78 is 5.67.